The van der Waals surface area contributed by atoms with E-state index in [1.165, 1.54) is 4.31 Å². The summed E-state index contributed by atoms with van der Waals surface area (Å²) in [6.07, 6.45) is 3.12. The SMILES string of the molecule is CCCCCOc1ccc(S(=O)(=O)N2C[C@@H](C)O[C@H](C)C2)cc1C. The maximum atomic E-state index is 12.9. The van der Waals surface area contributed by atoms with Crippen molar-refractivity contribution in [1.29, 1.82) is 0 Å². The highest BCUT2D eigenvalue weighted by molar-refractivity contribution is 7.89. The summed E-state index contributed by atoms with van der Waals surface area (Å²) in [6.45, 7) is 9.28. The monoisotopic (exact) mass is 355 g/mol. The number of sulfonamides is 1. The number of benzene rings is 1. The van der Waals surface area contributed by atoms with Gasteiger partial charge in [0.2, 0.25) is 10.0 Å². The maximum absolute atomic E-state index is 12.9. The van der Waals surface area contributed by atoms with Gasteiger partial charge in [-0.1, -0.05) is 19.8 Å². The van der Waals surface area contributed by atoms with E-state index in [9.17, 15) is 8.42 Å². The molecule has 1 aliphatic heterocycles. The summed E-state index contributed by atoms with van der Waals surface area (Å²) in [5, 5.41) is 0. The number of rotatable bonds is 7. The Kier molecular flexibility index (Phi) is 6.66. The third-order valence-electron chi connectivity index (χ3n) is 4.18. The minimum atomic E-state index is -3.50. The molecule has 24 heavy (non-hydrogen) atoms. The molecule has 1 fully saturated rings. The van der Waals surface area contributed by atoms with Crippen molar-refractivity contribution in [3.63, 3.8) is 0 Å². The van der Waals surface area contributed by atoms with E-state index in [-0.39, 0.29) is 12.2 Å². The van der Waals surface area contributed by atoms with Gasteiger partial charge in [-0.25, -0.2) is 8.42 Å². The molecule has 0 aliphatic carbocycles. The largest absolute Gasteiger partial charge is 0.493 e. The summed E-state index contributed by atoms with van der Waals surface area (Å²) < 4.78 is 38.6. The number of aryl methyl sites for hydroxylation is 1. The van der Waals surface area contributed by atoms with Gasteiger partial charge in [0.1, 0.15) is 5.75 Å². The van der Waals surface area contributed by atoms with Gasteiger partial charge in [0.05, 0.1) is 23.7 Å². The minimum Gasteiger partial charge on any atom is -0.493 e. The maximum Gasteiger partial charge on any atom is 0.243 e. The fraction of sp³-hybridized carbons (Fsp3) is 0.667. The van der Waals surface area contributed by atoms with Gasteiger partial charge < -0.3 is 9.47 Å². The molecule has 0 aromatic heterocycles. The normalized spacial score (nSPS) is 22.5. The highest BCUT2D eigenvalue weighted by Gasteiger charge is 2.32. The average molecular weight is 356 g/mol. The van der Waals surface area contributed by atoms with Crippen LogP contribution in [0, 0.1) is 6.92 Å². The number of nitrogens with zero attached hydrogens (tertiary/aromatic N) is 1. The topological polar surface area (TPSA) is 55.8 Å². The highest BCUT2D eigenvalue weighted by Crippen LogP contribution is 2.26. The van der Waals surface area contributed by atoms with Crippen LogP contribution in [0.5, 0.6) is 5.75 Å². The van der Waals surface area contributed by atoms with E-state index in [4.69, 9.17) is 9.47 Å². The molecule has 1 heterocycles. The van der Waals surface area contributed by atoms with Crippen molar-refractivity contribution < 1.29 is 17.9 Å². The fourth-order valence-corrected chi connectivity index (χ4v) is 4.63. The molecule has 0 N–H and O–H groups in total. The molecule has 136 valence electrons. The first-order chi connectivity index (χ1) is 11.3. The van der Waals surface area contributed by atoms with Gasteiger partial charge in [-0.2, -0.15) is 4.31 Å². The van der Waals surface area contributed by atoms with Crippen molar-refractivity contribution >= 4 is 10.0 Å². The Hall–Kier alpha value is -1.11. The second kappa shape index (κ2) is 8.32. The molecule has 1 aromatic rings. The molecule has 5 nitrogen and oxygen atoms in total. The molecule has 1 aromatic carbocycles. The van der Waals surface area contributed by atoms with Gasteiger partial charge in [-0.3, -0.25) is 0 Å². The van der Waals surface area contributed by atoms with Gasteiger partial charge >= 0.3 is 0 Å². The molecule has 0 bridgehead atoms. The van der Waals surface area contributed by atoms with E-state index >= 15 is 0 Å². The second-order valence-electron chi connectivity index (χ2n) is 6.56. The van der Waals surface area contributed by atoms with Crippen LogP contribution < -0.4 is 4.74 Å². The number of hydrogen-bond donors (Lipinski definition) is 0. The van der Waals surface area contributed by atoms with Crippen molar-refractivity contribution in [3.05, 3.63) is 23.8 Å². The molecule has 6 heteroatoms. The zero-order valence-electron chi connectivity index (χ0n) is 15.1. The molecule has 2 rings (SSSR count). The Labute approximate surface area is 146 Å². The number of morpholine rings is 1. The van der Waals surface area contributed by atoms with Crippen LogP contribution in [0.4, 0.5) is 0 Å². The van der Waals surface area contributed by atoms with Crippen molar-refractivity contribution in [3.8, 4) is 5.75 Å². The molecule has 0 saturated carbocycles. The first-order valence-electron chi connectivity index (χ1n) is 8.73. The molecule has 0 spiro atoms. The summed E-state index contributed by atoms with van der Waals surface area (Å²) in [6, 6.07) is 5.11. The third-order valence-corrected chi connectivity index (χ3v) is 6.00. The van der Waals surface area contributed by atoms with Crippen molar-refractivity contribution in [2.75, 3.05) is 19.7 Å². The van der Waals surface area contributed by atoms with Crippen LogP contribution in [0.25, 0.3) is 0 Å². The van der Waals surface area contributed by atoms with E-state index in [0.29, 0.717) is 24.6 Å². The van der Waals surface area contributed by atoms with Crippen molar-refractivity contribution in [2.45, 2.75) is 64.1 Å². The van der Waals surface area contributed by atoms with E-state index < -0.39 is 10.0 Å². The van der Waals surface area contributed by atoms with Gasteiger partial charge in [0.25, 0.3) is 0 Å². The molecular weight excluding hydrogens is 326 g/mol. The minimum absolute atomic E-state index is 0.0919. The van der Waals surface area contributed by atoms with Gasteiger partial charge in [0.15, 0.2) is 0 Å². The molecule has 0 unspecified atom stereocenters. The number of unbranched alkanes of at least 4 members (excludes halogenated alkanes) is 2. The van der Waals surface area contributed by atoms with Crippen LogP contribution >= 0.6 is 0 Å². The van der Waals surface area contributed by atoms with E-state index in [1.807, 2.05) is 20.8 Å². The molecular formula is C18H29NO4S. The highest BCUT2D eigenvalue weighted by atomic mass is 32.2. The van der Waals surface area contributed by atoms with Crippen molar-refractivity contribution in [2.24, 2.45) is 0 Å². The molecule has 2 atom stereocenters. The summed E-state index contributed by atoms with van der Waals surface area (Å²) in [4.78, 5) is 0.321. The molecule has 0 amide bonds. The lowest BCUT2D eigenvalue weighted by atomic mass is 10.2. The van der Waals surface area contributed by atoms with Crippen molar-refractivity contribution in [1.82, 2.24) is 4.31 Å². The summed E-state index contributed by atoms with van der Waals surface area (Å²) >= 11 is 0. The van der Waals surface area contributed by atoms with E-state index in [1.54, 1.807) is 18.2 Å². The Balaban J connectivity index is 2.12. The Morgan fingerprint density at radius 1 is 1.21 bits per heavy atom. The van der Waals surface area contributed by atoms with E-state index in [2.05, 4.69) is 6.92 Å². The third kappa shape index (κ3) is 4.71. The lowest BCUT2D eigenvalue weighted by Gasteiger charge is -2.34. The summed E-state index contributed by atoms with van der Waals surface area (Å²) in [5.41, 5.74) is 0.849. The fourth-order valence-electron chi connectivity index (χ4n) is 2.95. The predicted octanol–water partition coefficient (Wildman–Crippen LogP) is 3.36. The second-order valence-corrected chi connectivity index (χ2v) is 8.50. The zero-order chi connectivity index (χ0) is 17.7. The van der Waals surface area contributed by atoms with Gasteiger partial charge in [-0.15, -0.1) is 0 Å². The van der Waals surface area contributed by atoms with Crippen LogP contribution in [-0.4, -0.2) is 44.6 Å². The lowest BCUT2D eigenvalue weighted by molar-refractivity contribution is -0.0440. The summed E-state index contributed by atoms with van der Waals surface area (Å²) in [7, 11) is -3.50. The quantitative estimate of drug-likeness (QED) is 0.704. The van der Waals surface area contributed by atoms with Crippen LogP contribution in [0.3, 0.4) is 0 Å². The lowest BCUT2D eigenvalue weighted by Crippen LogP contribution is -2.48. The van der Waals surface area contributed by atoms with Crippen LogP contribution in [0.1, 0.15) is 45.6 Å². The van der Waals surface area contributed by atoms with Crippen LogP contribution in [0.2, 0.25) is 0 Å². The first kappa shape index (κ1) is 19.2. The predicted molar refractivity (Wildman–Crippen MR) is 95.0 cm³/mol. The van der Waals surface area contributed by atoms with Crippen LogP contribution in [0.15, 0.2) is 23.1 Å². The first-order valence-corrected chi connectivity index (χ1v) is 10.2. The molecule has 0 radical (unpaired) electrons. The number of ether oxygens (including phenoxy) is 2. The Morgan fingerprint density at radius 3 is 2.46 bits per heavy atom. The van der Waals surface area contributed by atoms with E-state index in [0.717, 1.165) is 30.6 Å². The Bertz CT molecular complexity index is 634. The van der Waals surface area contributed by atoms with Gasteiger partial charge in [0, 0.05) is 13.1 Å². The number of hydrogen-bond acceptors (Lipinski definition) is 4. The van der Waals surface area contributed by atoms with Gasteiger partial charge in [-0.05, 0) is 51.0 Å². The summed E-state index contributed by atoms with van der Waals surface area (Å²) in [5.74, 6) is 0.758. The van der Waals surface area contributed by atoms with Crippen LogP contribution in [-0.2, 0) is 14.8 Å². The molecule has 1 saturated heterocycles. The zero-order valence-corrected chi connectivity index (χ0v) is 15.9. The Morgan fingerprint density at radius 2 is 1.88 bits per heavy atom. The molecule has 1 aliphatic rings. The smallest absolute Gasteiger partial charge is 0.243 e. The average Bonchev–Trinajstić information content (AvgIpc) is 2.51. The standard InChI is InChI=1S/C18H29NO4S/c1-5-6-7-10-22-18-9-8-17(11-14(18)2)24(20,21)19-12-15(3)23-16(4)13-19/h8-9,11,15-16H,5-7,10,12-13H2,1-4H3/t15-,16-/m1/s1.